The van der Waals surface area contributed by atoms with Crippen LogP contribution in [0.3, 0.4) is 0 Å². The van der Waals surface area contributed by atoms with Gasteiger partial charge in [-0.2, -0.15) is 0 Å². The molecule has 1 aromatic carbocycles. The molecule has 6 nitrogen and oxygen atoms in total. The molecule has 1 saturated heterocycles. The molecule has 9 heteroatoms. The van der Waals surface area contributed by atoms with Gasteiger partial charge in [0.2, 0.25) is 11.8 Å². The van der Waals surface area contributed by atoms with Crippen molar-refractivity contribution in [2.24, 2.45) is 11.7 Å². The smallest absolute Gasteiger partial charge is 0.242 e. The summed E-state index contributed by atoms with van der Waals surface area (Å²) in [4.78, 5) is 28.5. The minimum Gasteiger partial charge on any atom is -0.368 e. The van der Waals surface area contributed by atoms with Crippen molar-refractivity contribution >= 4 is 53.9 Å². The lowest BCUT2D eigenvalue weighted by Crippen LogP contribution is -2.51. The Morgan fingerprint density at radius 3 is 2.26 bits per heavy atom. The Morgan fingerprint density at radius 1 is 1.07 bits per heavy atom. The number of piperazine rings is 1. The lowest BCUT2D eigenvalue weighted by Gasteiger charge is -2.36. The number of carbonyl (C=O) groups excluding carboxylic acids is 2. The lowest BCUT2D eigenvalue weighted by molar-refractivity contribution is -0.134. The molecule has 0 aromatic heterocycles. The number of rotatable bonds is 4. The van der Waals surface area contributed by atoms with Crippen molar-refractivity contribution in [2.45, 2.75) is 25.3 Å². The van der Waals surface area contributed by atoms with Gasteiger partial charge in [0.15, 0.2) is 0 Å². The second-order valence-electron chi connectivity index (χ2n) is 6.83. The van der Waals surface area contributed by atoms with Crippen molar-refractivity contribution in [3.63, 3.8) is 0 Å². The molecule has 1 aliphatic heterocycles. The van der Waals surface area contributed by atoms with Crippen LogP contribution in [0.15, 0.2) is 24.3 Å². The van der Waals surface area contributed by atoms with Gasteiger partial charge in [0.1, 0.15) is 0 Å². The van der Waals surface area contributed by atoms with Crippen molar-refractivity contribution in [2.75, 3.05) is 37.6 Å². The molecular formula is C18H27Cl3N4O2. The summed E-state index contributed by atoms with van der Waals surface area (Å²) in [5.41, 5.74) is 6.95. The number of hydrogen-bond donors (Lipinski definition) is 2. The monoisotopic (exact) mass is 436 g/mol. The van der Waals surface area contributed by atoms with E-state index in [1.165, 1.54) is 0 Å². The SMILES string of the molecule is Cl.Cl.NC1CCC(C(=O)NCC(=O)N2CCN(c3ccc(Cl)cc3)CC2)C1. The molecule has 1 aromatic rings. The first kappa shape index (κ1) is 23.8. The van der Waals surface area contributed by atoms with Crippen molar-refractivity contribution in [3.05, 3.63) is 29.3 Å². The number of nitrogens with one attached hydrogen (secondary N) is 1. The topological polar surface area (TPSA) is 78.7 Å². The summed E-state index contributed by atoms with van der Waals surface area (Å²) in [6, 6.07) is 7.85. The van der Waals surface area contributed by atoms with Crippen LogP contribution in [0.4, 0.5) is 5.69 Å². The molecule has 0 radical (unpaired) electrons. The van der Waals surface area contributed by atoms with Gasteiger partial charge >= 0.3 is 0 Å². The third kappa shape index (κ3) is 6.42. The number of anilines is 1. The molecule has 1 aliphatic carbocycles. The molecule has 2 aliphatic rings. The first-order valence-corrected chi connectivity index (χ1v) is 9.22. The van der Waals surface area contributed by atoms with Crippen LogP contribution >= 0.6 is 36.4 Å². The van der Waals surface area contributed by atoms with E-state index in [9.17, 15) is 9.59 Å². The quantitative estimate of drug-likeness (QED) is 0.756. The normalized spacial score (nSPS) is 21.9. The molecule has 3 N–H and O–H groups in total. The maximum atomic E-state index is 12.3. The van der Waals surface area contributed by atoms with Crippen LogP contribution in [0.2, 0.25) is 5.02 Å². The Bertz CT molecular complexity index is 622. The van der Waals surface area contributed by atoms with E-state index < -0.39 is 0 Å². The van der Waals surface area contributed by atoms with Gasteiger partial charge < -0.3 is 20.9 Å². The van der Waals surface area contributed by atoms with Gasteiger partial charge in [0.25, 0.3) is 0 Å². The summed E-state index contributed by atoms with van der Waals surface area (Å²) in [6.45, 7) is 2.94. The van der Waals surface area contributed by atoms with E-state index in [2.05, 4.69) is 10.2 Å². The lowest BCUT2D eigenvalue weighted by atomic mass is 10.1. The van der Waals surface area contributed by atoms with E-state index in [0.717, 1.165) is 43.1 Å². The Morgan fingerprint density at radius 2 is 1.70 bits per heavy atom. The van der Waals surface area contributed by atoms with Gasteiger partial charge in [-0.05, 0) is 43.5 Å². The number of halogens is 3. The van der Waals surface area contributed by atoms with E-state index in [0.29, 0.717) is 13.1 Å². The fraction of sp³-hybridized carbons (Fsp3) is 0.556. The third-order valence-electron chi connectivity index (χ3n) is 5.08. The zero-order valence-electron chi connectivity index (χ0n) is 15.1. The molecule has 0 bridgehead atoms. The third-order valence-corrected chi connectivity index (χ3v) is 5.33. The second kappa shape index (κ2) is 11.0. The summed E-state index contributed by atoms with van der Waals surface area (Å²) in [7, 11) is 0. The number of nitrogens with zero attached hydrogens (tertiary/aromatic N) is 2. The molecule has 2 fully saturated rings. The molecule has 1 saturated carbocycles. The highest BCUT2D eigenvalue weighted by molar-refractivity contribution is 6.30. The summed E-state index contributed by atoms with van der Waals surface area (Å²) < 4.78 is 0. The predicted octanol–water partition coefficient (Wildman–Crippen LogP) is 2.08. The zero-order chi connectivity index (χ0) is 17.8. The number of hydrogen-bond acceptors (Lipinski definition) is 4. The van der Waals surface area contributed by atoms with Gasteiger partial charge in [-0.1, -0.05) is 11.6 Å². The van der Waals surface area contributed by atoms with Crippen molar-refractivity contribution < 1.29 is 9.59 Å². The molecule has 2 amide bonds. The van der Waals surface area contributed by atoms with Crippen LogP contribution < -0.4 is 16.0 Å². The minimum atomic E-state index is -0.0406. The molecule has 0 spiro atoms. The Labute approximate surface area is 177 Å². The summed E-state index contributed by atoms with van der Waals surface area (Å²) in [6.07, 6.45) is 2.43. The van der Waals surface area contributed by atoms with Crippen LogP contribution in [0, 0.1) is 5.92 Å². The highest BCUT2D eigenvalue weighted by atomic mass is 35.5. The van der Waals surface area contributed by atoms with E-state index in [1.54, 1.807) is 0 Å². The van der Waals surface area contributed by atoms with E-state index >= 15 is 0 Å². The van der Waals surface area contributed by atoms with Gasteiger partial charge in [-0.25, -0.2) is 0 Å². The first-order chi connectivity index (χ1) is 12.0. The second-order valence-corrected chi connectivity index (χ2v) is 7.27. The average molecular weight is 438 g/mol. The first-order valence-electron chi connectivity index (χ1n) is 8.84. The summed E-state index contributed by atoms with van der Waals surface area (Å²) in [5, 5.41) is 3.50. The highest BCUT2D eigenvalue weighted by Crippen LogP contribution is 2.24. The fourth-order valence-electron chi connectivity index (χ4n) is 3.54. The molecule has 27 heavy (non-hydrogen) atoms. The number of carbonyl (C=O) groups is 2. The minimum absolute atomic E-state index is 0. The Balaban J connectivity index is 0.00000182. The number of amides is 2. The predicted molar refractivity (Wildman–Crippen MR) is 113 cm³/mol. The fourth-order valence-corrected chi connectivity index (χ4v) is 3.67. The maximum absolute atomic E-state index is 12.3. The van der Waals surface area contributed by atoms with E-state index in [4.69, 9.17) is 17.3 Å². The maximum Gasteiger partial charge on any atom is 0.242 e. The van der Waals surface area contributed by atoms with Crippen molar-refractivity contribution in [1.29, 1.82) is 0 Å². The summed E-state index contributed by atoms with van der Waals surface area (Å²) >= 11 is 5.92. The Hall–Kier alpha value is -1.21. The number of nitrogens with two attached hydrogens (primary N) is 1. The Kier molecular flexibility index (Phi) is 9.67. The van der Waals surface area contributed by atoms with Crippen LogP contribution in [-0.2, 0) is 9.59 Å². The highest BCUT2D eigenvalue weighted by Gasteiger charge is 2.28. The van der Waals surface area contributed by atoms with Gasteiger partial charge in [-0.15, -0.1) is 24.8 Å². The van der Waals surface area contributed by atoms with Crippen LogP contribution in [-0.4, -0.2) is 55.5 Å². The van der Waals surface area contributed by atoms with E-state index in [1.807, 2.05) is 29.2 Å². The number of benzene rings is 1. The van der Waals surface area contributed by atoms with Gasteiger partial charge in [-0.3, -0.25) is 9.59 Å². The summed E-state index contributed by atoms with van der Waals surface area (Å²) in [5.74, 6) is -0.1000. The molecular weight excluding hydrogens is 411 g/mol. The van der Waals surface area contributed by atoms with E-state index in [-0.39, 0.29) is 55.1 Å². The largest absolute Gasteiger partial charge is 0.368 e. The van der Waals surface area contributed by atoms with Gasteiger partial charge in [0.05, 0.1) is 6.54 Å². The van der Waals surface area contributed by atoms with Gasteiger partial charge in [0, 0.05) is 48.8 Å². The van der Waals surface area contributed by atoms with Crippen molar-refractivity contribution in [1.82, 2.24) is 10.2 Å². The van der Waals surface area contributed by atoms with Crippen LogP contribution in [0.5, 0.6) is 0 Å². The molecule has 2 unspecified atom stereocenters. The van der Waals surface area contributed by atoms with Crippen LogP contribution in [0.1, 0.15) is 19.3 Å². The van der Waals surface area contributed by atoms with Crippen LogP contribution in [0.25, 0.3) is 0 Å². The average Bonchev–Trinajstić information content (AvgIpc) is 3.07. The molecule has 1 heterocycles. The molecule has 2 atom stereocenters. The standard InChI is InChI=1S/C18H25ClN4O2.2ClH/c19-14-2-5-16(6-3-14)22-7-9-23(10-8-22)17(24)12-21-18(25)13-1-4-15(20)11-13;;/h2-3,5-6,13,15H,1,4,7-12,20H2,(H,21,25);2*1H. The van der Waals surface area contributed by atoms with Crippen molar-refractivity contribution in [3.8, 4) is 0 Å². The zero-order valence-corrected chi connectivity index (χ0v) is 17.5. The molecule has 3 rings (SSSR count). The molecule has 152 valence electrons.